The Morgan fingerprint density at radius 3 is 2.62 bits per heavy atom. The second-order valence-corrected chi connectivity index (χ2v) is 5.99. The Bertz CT molecular complexity index is 558. The predicted molar refractivity (Wildman–Crippen MR) is 83.8 cm³/mol. The van der Waals surface area contributed by atoms with Crippen LogP contribution in [0.3, 0.4) is 0 Å². The second-order valence-electron chi connectivity index (χ2n) is 5.99. The van der Waals surface area contributed by atoms with Crippen LogP contribution in [0.15, 0.2) is 36.5 Å². The van der Waals surface area contributed by atoms with Crippen molar-refractivity contribution in [3.63, 3.8) is 0 Å². The molecule has 4 heteroatoms. The molecule has 4 nitrogen and oxygen atoms in total. The summed E-state index contributed by atoms with van der Waals surface area (Å²) in [5, 5.41) is 20.6. The number of H-pyrrole nitrogens is 1. The quantitative estimate of drug-likeness (QED) is 0.791. The topological polar surface area (TPSA) is 60.9 Å². The molecule has 0 atom stereocenters. The summed E-state index contributed by atoms with van der Waals surface area (Å²) in [6, 6.07) is 10.2. The van der Waals surface area contributed by atoms with Gasteiger partial charge in [-0.1, -0.05) is 49.6 Å². The van der Waals surface area contributed by atoms with Crippen LogP contribution in [0.2, 0.25) is 0 Å². The first kappa shape index (κ1) is 14.3. The Labute approximate surface area is 125 Å². The van der Waals surface area contributed by atoms with E-state index in [4.69, 9.17) is 0 Å². The molecule has 3 N–H and O–H groups in total. The molecule has 0 spiro atoms. The van der Waals surface area contributed by atoms with Gasteiger partial charge in [-0.05, 0) is 18.4 Å². The molecule has 0 unspecified atom stereocenters. The normalized spacial score (nSPS) is 17.8. The molecular formula is C17H23N3O. The molecule has 112 valence electrons. The molecule has 1 aromatic carbocycles. The number of benzene rings is 1. The maximum Gasteiger partial charge on any atom is 0.0695 e. The molecule has 21 heavy (non-hydrogen) atoms. The van der Waals surface area contributed by atoms with Gasteiger partial charge in [0.25, 0.3) is 0 Å². The minimum absolute atomic E-state index is 0.108. The summed E-state index contributed by atoms with van der Waals surface area (Å²) in [5.74, 6) is 0. The fraction of sp³-hybridized carbons (Fsp3) is 0.471. The average Bonchev–Trinajstić information content (AvgIpc) is 3.03. The molecule has 1 fully saturated rings. The molecule has 0 amide bonds. The number of hydrogen-bond acceptors (Lipinski definition) is 3. The number of aromatic amines is 1. The maximum atomic E-state index is 9.77. The first-order chi connectivity index (χ1) is 10.3. The molecule has 2 aromatic rings. The molecule has 1 aliphatic rings. The van der Waals surface area contributed by atoms with Gasteiger partial charge in [-0.2, -0.15) is 5.10 Å². The Morgan fingerprint density at radius 1 is 1.14 bits per heavy atom. The molecule has 1 aromatic heterocycles. The molecule has 1 saturated carbocycles. The van der Waals surface area contributed by atoms with Crippen LogP contribution in [0.1, 0.15) is 37.7 Å². The van der Waals surface area contributed by atoms with Crippen LogP contribution in [0, 0.1) is 0 Å². The first-order valence-corrected chi connectivity index (χ1v) is 7.77. The largest absolute Gasteiger partial charge is 0.394 e. The van der Waals surface area contributed by atoms with Gasteiger partial charge in [0.2, 0.25) is 0 Å². The Morgan fingerprint density at radius 2 is 1.90 bits per heavy atom. The first-order valence-electron chi connectivity index (χ1n) is 7.77. The molecular weight excluding hydrogens is 262 g/mol. The van der Waals surface area contributed by atoms with Gasteiger partial charge in [-0.15, -0.1) is 0 Å². The second kappa shape index (κ2) is 6.41. The lowest BCUT2D eigenvalue weighted by Crippen LogP contribution is -2.49. The van der Waals surface area contributed by atoms with Gasteiger partial charge in [0.05, 0.1) is 18.5 Å². The highest BCUT2D eigenvalue weighted by molar-refractivity contribution is 5.62. The zero-order chi connectivity index (χ0) is 14.5. The van der Waals surface area contributed by atoms with Crippen molar-refractivity contribution in [2.24, 2.45) is 0 Å². The minimum Gasteiger partial charge on any atom is -0.394 e. The summed E-state index contributed by atoms with van der Waals surface area (Å²) in [4.78, 5) is 0. The monoisotopic (exact) mass is 285 g/mol. The number of aromatic nitrogens is 2. The zero-order valence-corrected chi connectivity index (χ0v) is 12.3. The highest BCUT2D eigenvalue weighted by atomic mass is 16.3. The van der Waals surface area contributed by atoms with Crippen molar-refractivity contribution in [2.75, 3.05) is 6.61 Å². The minimum atomic E-state index is -0.108. The van der Waals surface area contributed by atoms with Crippen molar-refractivity contribution in [3.05, 3.63) is 42.1 Å². The van der Waals surface area contributed by atoms with Crippen LogP contribution in [0.25, 0.3) is 11.3 Å². The highest BCUT2D eigenvalue weighted by Crippen LogP contribution is 2.29. The fourth-order valence-electron chi connectivity index (χ4n) is 3.20. The number of nitrogens with one attached hydrogen (secondary N) is 2. The molecule has 1 aliphatic carbocycles. The van der Waals surface area contributed by atoms with Crippen molar-refractivity contribution < 1.29 is 5.11 Å². The summed E-state index contributed by atoms with van der Waals surface area (Å²) < 4.78 is 0. The molecule has 3 rings (SSSR count). The van der Waals surface area contributed by atoms with E-state index in [1.165, 1.54) is 19.3 Å². The van der Waals surface area contributed by atoms with Crippen molar-refractivity contribution in [1.29, 1.82) is 0 Å². The van der Waals surface area contributed by atoms with Crippen molar-refractivity contribution >= 4 is 0 Å². The number of aliphatic hydroxyl groups excluding tert-OH is 1. The molecule has 0 saturated heterocycles. The Hall–Kier alpha value is -1.65. The lowest BCUT2D eigenvalue weighted by Gasteiger charge is -2.36. The number of nitrogens with zero attached hydrogens (tertiary/aromatic N) is 1. The third-order valence-corrected chi connectivity index (χ3v) is 4.55. The van der Waals surface area contributed by atoms with Gasteiger partial charge < -0.3 is 10.4 Å². The van der Waals surface area contributed by atoms with Gasteiger partial charge in [-0.3, -0.25) is 5.10 Å². The molecule has 0 aliphatic heterocycles. The van der Waals surface area contributed by atoms with E-state index in [0.29, 0.717) is 0 Å². The van der Waals surface area contributed by atoms with Crippen molar-refractivity contribution in [3.8, 4) is 11.3 Å². The smallest absolute Gasteiger partial charge is 0.0695 e. The number of aliphatic hydroxyl groups is 1. The van der Waals surface area contributed by atoms with Crippen molar-refractivity contribution in [2.45, 2.75) is 44.2 Å². The third-order valence-electron chi connectivity index (χ3n) is 4.55. The lowest BCUT2D eigenvalue weighted by molar-refractivity contribution is 0.119. The average molecular weight is 285 g/mol. The summed E-state index contributed by atoms with van der Waals surface area (Å²) in [5.41, 5.74) is 3.25. The van der Waals surface area contributed by atoms with Crippen LogP contribution >= 0.6 is 0 Å². The SMILES string of the molecule is OCC1(NCc2cn[nH]c2-c2ccccc2)CCCCC1. The van der Waals surface area contributed by atoms with Gasteiger partial charge in [0, 0.05) is 17.6 Å². The molecule has 0 radical (unpaired) electrons. The Kier molecular flexibility index (Phi) is 4.36. The van der Waals surface area contributed by atoms with E-state index in [-0.39, 0.29) is 12.1 Å². The molecule has 1 heterocycles. The predicted octanol–water partition coefficient (Wildman–Crippen LogP) is 2.86. The number of rotatable bonds is 5. The van der Waals surface area contributed by atoms with E-state index in [0.717, 1.165) is 36.2 Å². The maximum absolute atomic E-state index is 9.77. The van der Waals surface area contributed by atoms with Gasteiger partial charge in [0.15, 0.2) is 0 Å². The van der Waals surface area contributed by atoms with Crippen LogP contribution < -0.4 is 5.32 Å². The van der Waals surface area contributed by atoms with E-state index in [2.05, 4.69) is 27.6 Å². The van der Waals surface area contributed by atoms with Crippen LogP contribution in [0.5, 0.6) is 0 Å². The molecule has 0 bridgehead atoms. The zero-order valence-electron chi connectivity index (χ0n) is 12.3. The van der Waals surface area contributed by atoms with Crippen LogP contribution in [-0.2, 0) is 6.54 Å². The van der Waals surface area contributed by atoms with E-state index in [1.54, 1.807) is 0 Å². The highest BCUT2D eigenvalue weighted by Gasteiger charge is 2.30. The van der Waals surface area contributed by atoms with E-state index in [9.17, 15) is 5.11 Å². The summed E-state index contributed by atoms with van der Waals surface area (Å²) in [6.45, 7) is 0.951. The van der Waals surface area contributed by atoms with E-state index >= 15 is 0 Å². The van der Waals surface area contributed by atoms with Gasteiger partial charge >= 0.3 is 0 Å². The van der Waals surface area contributed by atoms with E-state index in [1.807, 2.05) is 24.4 Å². The van der Waals surface area contributed by atoms with E-state index < -0.39 is 0 Å². The van der Waals surface area contributed by atoms with Crippen LogP contribution in [0.4, 0.5) is 0 Å². The van der Waals surface area contributed by atoms with Gasteiger partial charge in [0.1, 0.15) is 0 Å². The number of hydrogen-bond donors (Lipinski definition) is 3. The third kappa shape index (κ3) is 3.17. The van der Waals surface area contributed by atoms with Crippen molar-refractivity contribution in [1.82, 2.24) is 15.5 Å². The Balaban J connectivity index is 1.73. The van der Waals surface area contributed by atoms with Crippen LogP contribution in [-0.4, -0.2) is 27.4 Å². The lowest BCUT2D eigenvalue weighted by atomic mass is 9.82. The standard InChI is InChI=1S/C17H23N3O/c21-13-17(9-5-2-6-10-17)18-11-15-12-19-20-16(15)14-7-3-1-4-8-14/h1,3-4,7-8,12,18,21H,2,5-6,9-11,13H2,(H,19,20). The fourth-order valence-corrected chi connectivity index (χ4v) is 3.20. The summed E-state index contributed by atoms with van der Waals surface area (Å²) in [6.07, 6.45) is 7.67. The van der Waals surface area contributed by atoms with Gasteiger partial charge in [-0.25, -0.2) is 0 Å². The summed E-state index contributed by atoms with van der Waals surface area (Å²) >= 11 is 0. The summed E-state index contributed by atoms with van der Waals surface area (Å²) in [7, 11) is 0.